The van der Waals surface area contributed by atoms with Gasteiger partial charge in [-0.2, -0.15) is 10.2 Å². The zero-order valence-electron chi connectivity index (χ0n) is 18.8. The van der Waals surface area contributed by atoms with E-state index in [1.165, 1.54) is 25.0 Å². The zero-order chi connectivity index (χ0) is 23.9. The van der Waals surface area contributed by atoms with Gasteiger partial charge in [-0.05, 0) is 54.4 Å². The molecule has 0 bridgehead atoms. The number of hydrogen-bond acceptors (Lipinski definition) is 6. The predicted molar refractivity (Wildman–Crippen MR) is 129 cm³/mol. The van der Waals surface area contributed by atoms with Gasteiger partial charge in [-0.3, -0.25) is 9.89 Å². The number of para-hydroxylation sites is 1. The highest BCUT2D eigenvalue weighted by atomic mass is 16.5. The Morgan fingerprint density at radius 2 is 1.88 bits per heavy atom. The summed E-state index contributed by atoms with van der Waals surface area (Å²) in [6.45, 7) is 2.47. The van der Waals surface area contributed by atoms with Crippen molar-refractivity contribution in [1.29, 1.82) is 0 Å². The molecule has 1 amide bonds. The Hall–Kier alpha value is -4.59. The van der Waals surface area contributed by atoms with E-state index >= 15 is 0 Å². The van der Waals surface area contributed by atoms with Gasteiger partial charge in [0, 0.05) is 5.56 Å². The normalized spacial score (nSPS) is 10.9. The molecule has 0 radical (unpaired) electrons. The third-order valence-corrected chi connectivity index (χ3v) is 5.08. The molecule has 0 aliphatic rings. The summed E-state index contributed by atoms with van der Waals surface area (Å²) in [5.41, 5.74) is 6.96. The average molecular weight is 457 g/mol. The first kappa shape index (κ1) is 22.6. The molecule has 1 aromatic heterocycles. The Labute approximate surface area is 196 Å². The number of aromatic hydroxyl groups is 1. The molecule has 0 saturated carbocycles. The van der Waals surface area contributed by atoms with Crippen LogP contribution in [-0.4, -0.2) is 34.5 Å². The zero-order valence-corrected chi connectivity index (χ0v) is 18.8. The lowest BCUT2D eigenvalue weighted by atomic mass is 10.1. The van der Waals surface area contributed by atoms with Gasteiger partial charge in [-0.1, -0.05) is 42.0 Å². The van der Waals surface area contributed by atoms with Gasteiger partial charge in [0.2, 0.25) is 0 Å². The number of aryl methyl sites for hydroxylation is 1. The lowest BCUT2D eigenvalue weighted by molar-refractivity contribution is 0.0950. The molecule has 0 spiro atoms. The Balaban J connectivity index is 1.42. The summed E-state index contributed by atoms with van der Waals surface area (Å²) in [5, 5.41) is 20.6. The molecule has 0 fully saturated rings. The second-order valence-electron chi connectivity index (χ2n) is 7.57. The number of ether oxygens (including phenoxy) is 2. The number of phenolic OH excluding ortho intramolecular Hbond substituents is 1. The highest BCUT2D eigenvalue weighted by Gasteiger charge is 2.14. The van der Waals surface area contributed by atoms with Crippen LogP contribution in [-0.2, 0) is 6.61 Å². The van der Waals surface area contributed by atoms with Crippen molar-refractivity contribution >= 4 is 12.1 Å². The predicted octanol–water partition coefficient (Wildman–Crippen LogP) is 4.44. The van der Waals surface area contributed by atoms with Crippen LogP contribution in [0.1, 0.15) is 27.2 Å². The second kappa shape index (κ2) is 10.4. The highest BCUT2D eigenvalue weighted by Crippen LogP contribution is 2.29. The molecule has 172 valence electrons. The largest absolute Gasteiger partial charge is 0.504 e. The number of carbonyl (C=O) groups excluding carboxylic acids is 1. The molecule has 3 N–H and O–H groups in total. The van der Waals surface area contributed by atoms with Crippen LogP contribution in [0.3, 0.4) is 0 Å². The minimum absolute atomic E-state index is 0.0248. The number of carbonyl (C=O) groups is 1. The van der Waals surface area contributed by atoms with Crippen LogP contribution in [0.2, 0.25) is 0 Å². The van der Waals surface area contributed by atoms with Crippen molar-refractivity contribution in [3.63, 3.8) is 0 Å². The number of aromatic nitrogens is 2. The maximum atomic E-state index is 12.5. The van der Waals surface area contributed by atoms with Gasteiger partial charge in [0.1, 0.15) is 18.1 Å². The van der Waals surface area contributed by atoms with E-state index in [-0.39, 0.29) is 11.4 Å². The monoisotopic (exact) mass is 456 g/mol. The third-order valence-electron chi connectivity index (χ3n) is 5.08. The second-order valence-corrected chi connectivity index (χ2v) is 7.57. The summed E-state index contributed by atoms with van der Waals surface area (Å²) in [6, 6.07) is 22.1. The first-order valence-electron chi connectivity index (χ1n) is 10.6. The minimum Gasteiger partial charge on any atom is -0.504 e. The number of phenols is 1. The molecule has 3 aromatic carbocycles. The molecule has 8 nitrogen and oxygen atoms in total. The van der Waals surface area contributed by atoms with E-state index in [2.05, 4.69) is 20.7 Å². The number of amides is 1. The standard InChI is InChI=1S/C26H24N4O4/c1-17-7-9-18(10-8-17)16-34-24-6-4-3-5-20(24)21-14-22(29-28-21)26(32)30-27-15-19-11-12-23(31)25(13-19)33-2/h3-15,31H,16H2,1-2H3,(H,28,29)(H,30,32). The maximum Gasteiger partial charge on any atom is 0.289 e. The Kier molecular flexibility index (Phi) is 6.88. The van der Waals surface area contributed by atoms with E-state index in [9.17, 15) is 9.90 Å². The number of methoxy groups -OCH3 is 1. The van der Waals surface area contributed by atoms with Crippen LogP contribution >= 0.6 is 0 Å². The number of nitrogens with zero attached hydrogens (tertiary/aromatic N) is 2. The lowest BCUT2D eigenvalue weighted by Crippen LogP contribution is -2.18. The topological polar surface area (TPSA) is 109 Å². The smallest absolute Gasteiger partial charge is 0.289 e. The summed E-state index contributed by atoms with van der Waals surface area (Å²) in [5.74, 6) is 0.563. The summed E-state index contributed by atoms with van der Waals surface area (Å²) in [4.78, 5) is 12.5. The van der Waals surface area contributed by atoms with E-state index in [0.29, 0.717) is 29.4 Å². The molecule has 0 saturated heterocycles. The van der Waals surface area contributed by atoms with E-state index in [1.807, 2.05) is 55.5 Å². The number of benzene rings is 3. The molecular weight excluding hydrogens is 432 g/mol. The van der Waals surface area contributed by atoms with Gasteiger partial charge in [-0.25, -0.2) is 5.43 Å². The third kappa shape index (κ3) is 5.42. The summed E-state index contributed by atoms with van der Waals surface area (Å²) in [7, 11) is 1.46. The summed E-state index contributed by atoms with van der Waals surface area (Å²) in [6.07, 6.45) is 1.45. The fraction of sp³-hybridized carbons (Fsp3) is 0.115. The van der Waals surface area contributed by atoms with Crippen molar-refractivity contribution in [1.82, 2.24) is 15.6 Å². The van der Waals surface area contributed by atoms with Crippen LogP contribution in [0.4, 0.5) is 0 Å². The first-order valence-corrected chi connectivity index (χ1v) is 10.6. The molecule has 8 heteroatoms. The maximum absolute atomic E-state index is 12.5. The summed E-state index contributed by atoms with van der Waals surface area (Å²) >= 11 is 0. The van der Waals surface area contributed by atoms with E-state index in [0.717, 1.165) is 11.1 Å². The van der Waals surface area contributed by atoms with Crippen molar-refractivity contribution in [3.05, 3.63) is 95.2 Å². The first-order chi connectivity index (χ1) is 16.5. The molecule has 1 heterocycles. The molecule has 0 unspecified atom stereocenters. The number of nitrogens with one attached hydrogen (secondary N) is 2. The molecule has 0 aliphatic carbocycles. The van der Waals surface area contributed by atoms with Gasteiger partial charge < -0.3 is 14.6 Å². The molecule has 0 atom stereocenters. The average Bonchev–Trinajstić information content (AvgIpc) is 3.35. The van der Waals surface area contributed by atoms with Crippen molar-refractivity contribution in [3.8, 4) is 28.5 Å². The number of H-pyrrole nitrogens is 1. The minimum atomic E-state index is -0.446. The van der Waals surface area contributed by atoms with E-state index in [4.69, 9.17) is 9.47 Å². The number of hydrogen-bond donors (Lipinski definition) is 3. The fourth-order valence-electron chi connectivity index (χ4n) is 3.23. The van der Waals surface area contributed by atoms with E-state index in [1.54, 1.807) is 18.2 Å². The fourth-order valence-corrected chi connectivity index (χ4v) is 3.23. The van der Waals surface area contributed by atoms with Crippen LogP contribution in [0.5, 0.6) is 17.2 Å². The molecule has 0 aliphatic heterocycles. The SMILES string of the molecule is COc1cc(C=NNC(=O)c2cc(-c3ccccc3OCc3ccc(C)cc3)n[nH]2)ccc1O. The van der Waals surface area contributed by atoms with Crippen molar-refractivity contribution in [2.45, 2.75) is 13.5 Å². The Morgan fingerprint density at radius 1 is 1.09 bits per heavy atom. The lowest BCUT2D eigenvalue weighted by Gasteiger charge is -2.10. The summed E-state index contributed by atoms with van der Waals surface area (Å²) < 4.78 is 11.1. The van der Waals surface area contributed by atoms with Crippen LogP contribution in [0.25, 0.3) is 11.3 Å². The van der Waals surface area contributed by atoms with Crippen LogP contribution < -0.4 is 14.9 Å². The molecular formula is C26H24N4O4. The van der Waals surface area contributed by atoms with E-state index < -0.39 is 5.91 Å². The Bertz CT molecular complexity index is 1310. The van der Waals surface area contributed by atoms with Gasteiger partial charge >= 0.3 is 0 Å². The van der Waals surface area contributed by atoms with Crippen molar-refractivity contribution < 1.29 is 19.4 Å². The quantitative estimate of drug-likeness (QED) is 0.268. The number of hydrazone groups is 1. The van der Waals surface area contributed by atoms with Crippen molar-refractivity contribution in [2.75, 3.05) is 7.11 Å². The molecule has 4 aromatic rings. The van der Waals surface area contributed by atoms with Gasteiger partial charge in [0.15, 0.2) is 11.5 Å². The Morgan fingerprint density at radius 3 is 2.68 bits per heavy atom. The molecule has 4 rings (SSSR count). The number of rotatable bonds is 8. The van der Waals surface area contributed by atoms with Crippen LogP contribution in [0.15, 0.2) is 77.9 Å². The number of aromatic amines is 1. The van der Waals surface area contributed by atoms with Gasteiger partial charge in [-0.15, -0.1) is 0 Å². The van der Waals surface area contributed by atoms with Crippen molar-refractivity contribution in [2.24, 2.45) is 5.10 Å². The van der Waals surface area contributed by atoms with Gasteiger partial charge in [0.05, 0.1) is 19.0 Å². The highest BCUT2D eigenvalue weighted by molar-refractivity contribution is 5.94. The van der Waals surface area contributed by atoms with Gasteiger partial charge in [0.25, 0.3) is 5.91 Å². The van der Waals surface area contributed by atoms with Crippen LogP contribution in [0, 0.1) is 6.92 Å². The molecule has 34 heavy (non-hydrogen) atoms.